The molecule has 0 saturated carbocycles. The van der Waals surface area contributed by atoms with Gasteiger partial charge in [-0.05, 0) is 62.2 Å². The van der Waals surface area contributed by atoms with E-state index in [9.17, 15) is 14.7 Å². The molecule has 35 heavy (non-hydrogen) atoms. The van der Waals surface area contributed by atoms with Crippen LogP contribution in [0.5, 0.6) is 5.75 Å². The SMILES string of the molecule is CCN(CC)CCN1C(=O)C(=O)C(=C(O)c2ccc(OCC(C)C)cc2C)C1c1ccc(C)cc1. The zero-order valence-electron chi connectivity index (χ0n) is 21.8. The van der Waals surface area contributed by atoms with E-state index in [4.69, 9.17) is 4.74 Å². The van der Waals surface area contributed by atoms with Crippen molar-refractivity contribution in [2.24, 2.45) is 5.92 Å². The van der Waals surface area contributed by atoms with Crippen LogP contribution in [0.2, 0.25) is 0 Å². The van der Waals surface area contributed by atoms with Crippen molar-refractivity contribution in [1.29, 1.82) is 0 Å². The summed E-state index contributed by atoms with van der Waals surface area (Å²) in [5, 5.41) is 11.4. The predicted molar refractivity (Wildman–Crippen MR) is 139 cm³/mol. The van der Waals surface area contributed by atoms with Gasteiger partial charge in [-0.15, -0.1) is 0 Å². The number of carbonyl (C=O) groups excluding carboxylic acids is 2. The van der Waals surface area contributed by atoms with Crippen LogP contribution in [0.4, 0.5) is 0 Å². The first kappa shape index (κ1) is 26.5. The van der Waals surface area contributed by atoms with Crippen LogP contribution in [-0.2, 0) is 9.59 Å². The Hall–Kier alpha value is -3.12. The molecule has 0 bridgehead atoms. The average molecular weight is 479 g/mol. The van der Waals surface area contributed by atoms with Crippen molar-refractivity contribution in [2.75, 3.05) is 32.8 Å². The highest BCUT2D eigenvalue weighted by Crippen LogP contribution is 2.40. The van der Waals surface area contributed by atoms with Crippen molar-refractivity contribution < 1.29 is 19.4 Å². The highest BCUT2D eigenvalue weighted by molar-refractivity contribution is 6.46. The van der Waals surface area contributed by atoms with Gasteiger partial charge in [0.15, 0.2) is 0 Å². The molecule has 0 spiro atoms. The largest absolute Gasteiger partial charge is 0.507 e. The smallest absolute Gasteiger partial charge is 0.295 e. The molecule has 1 N–H and O–H groups in total. The van der Waals surface area contributed by atoms with Crippen LogP contribution in [0.15, 0.2) is 48.0 Å². The van der Waals surface area contributed by atoms with Crippen molar-refractivity contribution in [3.05, 3.63) is 70.3 Å². The Bertz CT molecular complexity index is 1080. The molecule has 1 aliphatic rings. The maximum absolute atomic E-state index is 13.3. The monoisotopic (exact) mass is 478 g/mol. The number of amides is 1. The number of aliphatic hydroxyl groups excluding tert-OH is 1. The number of hydrogen-bond donors (Lipinski definition) is 1. The van der Waals surface area contributed by atoms with Crippen LogP contribution in [-0.4, -0.2) is 59.4 Å². The normalized spacial score (nSPS) is 17.6. The lowest BCUT2D eigenvalue weighted by Crippen LogP contribution is -2.38. The maximum Gasteiger partial charge on any atom is 0.295 e. The number of ketones is 1. The lowest BCUT2D eigenvalue weighted by molar-refractivity contribution is -0.140. The molecule has 1 fully saturated rings. The summed E-state index contributed by atoms with van der Waals surface area (Å²) in [4.78, 5) is 30.3. The van der Waals surface area contributed by atoms with Gasteiger partial charge in [0.2, 0.25) is 0 Å². The van der Waals surface area contributed by atoms with Crippen molar-refractivity contribution in [3.8, 4) is 5.75 Å². The van der Waals surface area contributed by atoms with E-state index >= 15 is 0 Å². The highest BCUT2D eigenvalue weighted by Gasteiger charge is 2.46. The lowest BCUT2D eigenvalue weighted by Gasteiger charge is -2.28. The first-order chi connectivity index (χ1) is 16.7. The lowest BCUT2D eigenvalue weighted by atomic mass is 9.93. The number of likely N-dealkylation sites (tertiary alicyclic amines) is 1. The summed E-state index contributed by atoms with van der Waals surface area (Å²) in [6, 6.07) is 12.6. The molecule has 2 aromatic carbocycles. The number of benzene rings is 2. The zero-order chi connectivity index (χ0) is 25.7. The summed E-state index contributed by atoms with van der Waals surface area (Å²) in [5.74, 6) is -0.258. The number of aliphatic hydroxyl groups is 1. The van der Waals surface area contributed by atoms with E-state index in [1.165, 1.54) is 0 Å². The van der Waals surface area contributed by atoms with E-state index < -0.39 is 17.7 Å². The molecular weight excluding hydrogens is 440 g/mol. The van der Waals surface area contributed by atoms with Crippen LogP contribution >= 0.6 is 0 Å². The molecule has 6 heteroatoms. The Morgan fingerprint density at radius 3 is 2.29 bits per heavy atom. The number of likely N-dealkylation sites (N-methyl/N-ethyl adjacent to an activating group) is 1. The van der Waals surface area contributed by atoms with Gasteiger partial charge in [0.05, 0.1) is 18.2 Å². The summed E-state index contributed by atoms with van der Waals surface area (Å²) in [6.07, 6.45) is 0. The maximum atomic E-state index is 13.3. The Morgan fingerprint density at radius 2 is 1.71 bits per heavy atom. The molecule has 1 amide bonds. The number of nitrogens with zero attached hydrogens (tertiary/aromatic N) is 2. The van der Waals surface area contributed by atoms with E-state index in [2.05, 4.69) is 32.6 Å². The van der Waals surface area contributed by atoms with Gasteiger partial charge in [-0.25, -0.2) is 0 Å². The molecule has 1 atom stereocenters. The minimum Gasteiger partial charge on any atom is -0.507 e. The first-order valence-electron chi connectivity index (χ1n) is 12.5. The van der Waals surface area contributed by atoms with Gasteiger partial charge in [0.1, 0.15) is 11.5 Å². The van der Waals surface area contributed by atoms with E-state index in [0.717, 1.165) is 29.8 Å². The Labute approximate surface area is 209 Å². The topological polar surface area (TPSA) is 70.1 Å². The van der Waals surface area contributed by atoms with E-state index in [1.807, 2.05) is 44.2 Å². The van der Waals surface area contributed by atoms with Crippen LogP contribution in [0, 0.1) is 19.8 Å². The summed E-state index contributed by atoms with van der Waals surface area (Å²) in [6.45, 7) is 15.6. The molecule has 0 aromatic heterocycles. The number of hydrogen-bond acceptors (Lipinski definition) is 5. The third kappa shape index (κ3) is 5.93. The molecule has 0 aliphatic carbocycles. The van der Waals surface area contributed by atoms with Crippen molar-refractivity contribution in [1.82, 2.24) is 9.80 Å². The van der Waals surface area contributed by atoms with Gasteiger partial charge in [0.25, 0.3) is 11.7 Å². The fourth-order valence-electron chi connectivity index (χ4n) is 4.39. The van der Waals surface area contributed by atoms with Crippen molar-refractivity contribution in [3.63, 3.8) is 0 Å². The molecular formula is C29H38N2O4. The minimum atomic E-state index is -0.646. The molecule has 3 rings (SSSR count). The third-order valence-corrected chi connectivity index (χ3v) is 6.52. The van der Waals surface area contributed by atoms with Crippen molar-refractivity contribution in [2.45, 2.75) is 47.6 Å². The first-order valence-corrected chi connectivity index (χ1v) is 12.5. The van der Waals surface area contributed by atoms with Crippen molar-refractivity contribution >= 4 is 17.4 Å². The van der Waals surface area contributed by atoms with Crippen LogP contribution in [0.3, 0.4) is 0 Å². The average Bonchev–Trinajstić information content (AvgIpc) is 3.08. The molecule has 188 valence electrons. The standard InChI is InChI=1S/C29H38N2O4/c1-7-30(8-2)15-16-31-26(22-11-9-20(5)10-12-22)25(28(33)29(31)34)27(32)24-14-13-23(17-21(24)6)35-18-19(3)4/h9-14,17,19,26,32H,7-8,15-16,18H2,1-6H3. The summed E-state index contributed by atoms with van der Waals surface area (Å²) in [5.41, 5.74) is 3.34. The highest BCUT2D eigenvalue weighted by atomic mass is 16.5. The summed E-state index contributed by atoms with van der Waals surface area (Å²) in [7, 11) is 0. The second-order valence-electron chi connectivity index (χ2n) is 9.61. The molecule has 6 nitrogen and oxygen atoms in total. The molecule has 1 heterocycles. The van der Waals surface area contributed by atoms with Gasteiger partial charge in [-0.3, -0.25) is 9.59 Å². The quantitative estimate of drug-likeness (QED) is 0.292. The van der Waals surface area contributed by atoms with Gasteiger partial charge in [0, 0.05) is 18.7 Å². The molecule has 1 unspecified atom stereocenters. The zero-order valence-corrected chi connectivity index (χ0v) is 21.8. The van der Waals surface area contributed by atoms with Crippen LogP contribution in [0.25, 0.3) is 5.76 Å². The van der Waals surface area contributed by atoms with Crippen LogP contribution < -0.4 is 4.74 Å². The second-order valence-corrected chi connectivity index (χ2v) is 9.61. The Kier molecular flexibility index (Phi) is 8.73. The van der Waals surface area contributed by atoms with E-state index in [-0.39, 0.29) is 11.3 Å². The minimum absolute atomic E-state index is 0.136. The number of carbonyl (C=O) groups is 2. The fourth-order valence-corrected chi connectivity index (χ4v) is 4.39. The summed E-state index contributed by atoms with van der Waals surface area (Å²) < 4.78 is 5.81. The number of aryl methyl sites for hydroxylation is 2. The van der Waals surface area contributed by atoms with Gasteiger partial charge >= 0.3 is 0 Å². The number of ether oxygens (including phenoxy) is 1. The predicted octanol–water partition coefficient (Wildman–Crippen LogP) is 5.10. The second kappa shape index (κ2) is 11.5. The van der Waals surface area contributed by atoms with Crippen LogP contribution in [0.1, 0.15) is 56.0 Å². The fraction of sp³-hybridized carbons (Fsp3) is 0.448. The molecule has 1 aliphatic heterocycles. The van der Waals surface area contributed by atoms with E-state index in [0.29, 0.717) is 36.9 Å². The number of Topliss-reactive ketones (excluding diaryl/α,β-unsaturated/α-hetero) is 1. The number of rotatable bonds is 10. The Balaban J connectivity index is 2.05. The van der Waals surface area contributed by atoms with Gasteiger partial charge < -0.3 is 19.6 Å². The Morgan fingerprint density at radius 1 is 1.06 bits per heavy atom. The van der Waals surface area contributed by atoms with Gasteiger partial charge in [-0.1, -0.05) is 57.5 Å². The molecule has 1 saturated heterocycles. The van der Waals surface area contributed by atoms with E-state index in [1.54, 1.807) is 17.0 Å². The molecule has 0 radical (unpaired) electrons. The molecule has 2 aromatic rings. The summed E-state index contributed by atoms with van der Waals surface area (Å²) >= 11 is 0. The van der Waals surface area contributed by atoms with Gasteiger partial charge in [-0.2, -0.15) is 0 Å². The third-order valence-electron chi connectivity index (χ3n) is 6.52.